The van der Waals surface area contributed by atoms with Gasteiger partial charge in [-0.05, 0) is 26.0 Å². The van der Waals surface area contributed by atoms with E-state index in [1.54, 1.807) is 0 Å². The normalized spacial score (nSPS) is 11.9. The van der Waals surface area contributed by atoms with Crippen molar-refractivity contribution in [2.24, 2.45) is 0 Å². The van der Waals surface area contributed by atoms with Crippen molar-refractivity contribution >= 4 is 11.7 Å². The van der Waals surface area contributed by atoms with E-state index in [0.717, 1.165) is 12.1 Å². The lowest BCUT2D eigenvalue weighted by molar-refractivity contribution is -0.118. The number of hydrogen-bond acceptors (Lipinski definition) is 3. The molecule has 4 nitrogen and oxygen atoms in total. The molecule has 1 aromatic carbocycles. The van der Waals surface area contributed by atoms with Crippen molar-refractivity contribution in [3.63, 3.8) is 0 Å². The fourth-order valence-corrected chi connectivity index (χ4v) is 1.06. The van der Waals surface area contributed by atoms with Gasteiger partial charge in [-0.25, -0.2) is 4.39 Å². The van der Waals surface area contributed by atoms with Crippen molar-refractivity contribution in [3.8, 4) is 5.75 Å². The summed E-state index contributed by atoms with van der Waals surface area (Å²) in [6, 6.07) is 2.54. The monoisotopic (exact) mass is 225 g/mol. The minimum absolute atomic E-state index is 0.203. The van der Waals surface area contributed by atoms with Crippen LogP contribution in [0, 0.1) is 5.82 Å². The Hall–Kier alpha value is -1.91. The van der Waals surface area contributed by atoms with E-state index < -0.39 is 17.8 Å². The predicted molar refractivity (Wildman–Crippen MR) is 55.7 cm³/mol. The Morgan fingerprint density at radius 2 is 2.06 bits per heavy atom. The number of halogens is 1. The molecule has 0 spiro atoms. The second-order valence-corrected chi connectivity index (χ2v) is 3.47. The summed E-state index contributed by atoms with van der Waals surface area (Å²) in [5, 5.41) is 11.3. The molecule has 1 atom stereocenters. The molecule has 0 bridgehead atoms. The number of nitrogens with one attached hydrogen (secondary N) is 1. The van der Waals surface area contributed by atoms with Crippen LogP contribution in [0.2, 0.25) is 0 Å². The molecule has 0 saturated carbocycles. The first-order valence-corrected chi connectivity index (χ1v) is 4.71. The van der Waals surface area contributed by atoms with Crippen LogP contribution in [-0.4, -0.2) is 22.8 Å². The molecule has 0 heterocycles. The zero-order valence-electron chi connectivity index (χ0n) is 8.95. The summed E-state index contributed by atoms with van der Waals surface area (Å²) in [6.45, 7) is 2.84. The molecule has 0 aromatic heterocycles. The van der Waals surface area contributed by atoms with E-state index in [1.165, 1.54) is 19.9 Å². The third-order valence-electron chi connectivity index (χ3n) is 2.15. The Morgan fingerprint density at radius 3 is 2.56 bits per heavy atom. The molecule has 1 amide bonds. The smallest absolute Gasteiger partial charge is 0.254 e. The van der Waals surface area contributed by atoms with Gasteiger partial charge in [0.05, 0.1) is 11.6 Å². The number of phenolic OH excluding ortho intramolecular Hbond substituents is 1. The summed E-state index contributed by atoms with van der Waals surface area (Å²) in [5.41, 5.74) is -0.203. The molecule has 0 radical (unpaired) electrons. The molecule has 0 aliphatic rings. The first-order chi connectivity index (χ1) is 7.41. The van der Waals surface area contributed by atoms with Crippen LogP contribution in [0.3, 0.4) is 0 Å². The van der Waals surface area contributed by atoms with E-state index in [-0.39, 0.29) is 17.1 Å². The van der Waals surface area contributed by atoms with E-state index >= 15 is 0 Å². The molecular weight excluding hydrogens is 213 g/mol. The quantitative estimate of drug-likeness (QED) is 0.813. The van der Waals surface area contributed by atoms with Crippen LogP contribution in [0.25, 0.3) is 0 Å². The third-order valence-corrected chi connectivity index (χ3v) is 2.15. The number of aromatic hydroxyl groups is 1. The average molecular weight is 225 g/mol. The summed E-state index contributed by atoms with van der Waals surface area (Å²) >= 11 is 0. The predicted octanol–water partition coefficient (Wildman–Crippen LogP) is 1.24. The standard InChI is InChI=1S/C11H12FNO3/c1-6(7(2)14)13-11(16)9-4-3-8(15)5-10(9)12/h3-6,15H,1-2H3,(H,13,16). The van der Waals surface area contributed by atoms with Gasteiger partial charge >= 0.3 is 0 Å². The maximum Gasteiger partial charge on any atom is 0.254 e. The van der Waals surface area contributed by atoms with Gasteiger partial charge in [-0.15, -0.1) is 0 Å². The number of benzene rings is 1. The van der Waals surface area contributed by atoms with Crippen LogP contribution >= 0.6 is 0 Å². The molecule has 0 aliphatic heterocycles. The number of Topliss-reactive ketones (excluding diaryl/α,β-unsaturated/α-hetero) is 1. The Morgan fingerprint density at radius 1 is 1.44 bits per heavy atom. The van der Waals surface area contributed by atoms with Crippen molar-refractivity contribution in [1.82, 2.24) is 5.32 Å². The number of carbonyl (C=O) groups excluding carboxylic acids is 2. The maximum atomic E-state index is 13.2. The SMILES string of the molecule is CC(=O)C(C)NC(=O)c1ccc(O)cc1F. The number of amides is 1. The van der Waals surface area contributed by atoms with Gasteiger partial charge in [0, 0.05) is 6.07 Å². The van der Waals surface area contributed by atoms with E-state index in [9.17, 15) is 14.0 Å². The van der Waals surface area contributed by atoms with E-state index in [2.05, 4.69) is 5.32 Å². The minimum Gasteiger partial charge on any atom is -0.508 e. The highest BCUT2D eigenvalue weighted by molar-refractivity contribution is 5.97. The second-order valence-electron chi connectivity index (χ2n) is 3.47. The molecule has 2 N–H and O–H groups in total. The molecule has 0 aliphatic carbocycles. The second kappa shape index (κ2) is 4.74. The highest BCUT2D eigenvalue weighted by atomic mass is 19.1. The number of hydrogen-bond donors (Lipinski definition) is 2. The molecule has 1 aromatic rings. The molecular formula is C11H12FNO3. The van der Waals surface area contributed by atoms with Crippen molar-refractivity contribution in [1.29, 1.82) is 0 Å². The molecule has 1 rings (SSSR count). The number of carbonyl (C=O) groups is 2. The van der Waals surface area contributed by atoms with Crippen LogP contribution in [0.15, 0.2) is 18.2 Å². The Balaban J connectivity index is 2.85. The van der Waals surface area contributed by atoms with Gasteiger partial charge < -0.3 is 10.4 Å². The maximum absolute atomic E-state index is 13.2. The third kappa shape index (κ3) is 2.79. The minimum atomic E-state index is -0.826. The van der Waals surface area contributed by atoms with E-state index in [0.29, 0.717) is 0 Å². The van der Waals surface area contributed by atoms with Gasteiger partial charge in [-0.1, -0.05) is 0 Å². The molecule has 1 unspecified atom stereocenters. The highest BCUT2D eigenvalue weighted by Gasteiger charge is 2.16. The van der Waals surface area contributed by atoms with Crippen molar-refractivity contribution in [3.05, 3.63) is 29.6 Å². The van der Waals surface area contributed by atoms with Gasteiger partial charge in [0.25, 0.3) is 5.91 Å². The zero-order valence-corrected chi connectivity index (χ0v) is 8.95. The summed E-state index contributed by atoms with van der Waals surface area (Å²) in [6.07, 6.45) is 0. The summed E-state index contributed by atoms with van der Waals surface area (Å²) in [7, 11) is 0. The zero-order chi connectivity index (χ0) is 12.3. The lowest BCUT2D eigenvalue weighted by Gasteiger charge is -2.10. The molecule has 5 heteroatoms. The van der Waals surface area contributed by atoms with Gasteiger partial charge in [0.15, 0.2) is 5.78 Å². The van der Waals surface area contributed by atoms with Crippen molar-refractivity contribution < 1.29 is 19.1 Å². The Bertz CT molecular complexity index is 431. The van der Waals surface area contributed by atoms with Gasteiger partial charge in [0.1, 0.15) is 11.6 Å². The summed E-state index contributed by atoms with van der Waals surface area (Å²) in [4.78, 5) is 22.4. The Labute approximate surface area is 92.1 Å². The van der Waals surface area contributed by atoms with E-state index in [1.807, 2.05) is 0 Å². The lowest BCUT2D eigenvalue weighted by atomic mass is 10.1. The van der Waals surface area contributed by atoms with Crippen LogP contribution in [-0.2, 0) is 4.79 Å². The van der Waals surface area contributed by atoms with Crippen LogP contribution in [0.1, 0.15) is 24.2 Å². The fourth-order valence-electron chi connectivity index (χ4n) is 1.06. The topological polar surface area (TPSA) is 66.4 Å². The molecule has 86 valence electrons. The van der Waals surface area contributed by atoms with Crippen LogP contribution < -0.4 is 5.32 Å². The largest absolute Gasteiger partial charge is 0.508 e. The van der Waals surface area contributed by atoms with Crippen molar-refractivity contribution in [2.45, 2.75) is 19.9 Å². The molecule has 0 fully saturated rings. The molecule has 16 heavy (non-hydrogen) atoms. The fraction of sp³-hybridized carbons (Fsp3) is 0.273. The average Bonchev–Trinajstić information content (AvgIpc) is 2.16. The van der Waals surface area contributed by atoms with Crippen molar-refractivity contribution in [2.75, 3.05) is 0 Å². The van der Waals surface area contributed by atoms with Gasteiger partial charge in [-0.2, -0.15) is 0 Å². The summed E-state index contributed by atoms with van der Waals surface area (Å²) in [5.74, 6) is -1.98. The van der Waals surface area contributed by atoms with Crippen LogP contribution in [0.4, 0.5) is 4.39 Å². The first kappa shape index (κ1) is 12.2. The van der Waals surface area contributed by atoms with E-state index in [4.69, 9.17) is 5.11 Å². The number of rotatable bonds is 3. The highest BCUT2D eigenvalue weighted by Crippen LogP contribution is 2.14. The van der Waals surface area contributed by atoms with Gasteiger partial charge in [0.2, 0.25) is 0 Å². The number of phenols is 1. The summed E-state index contributed by atoms with van der Waals surface area (Å²) < 4.78 is 13.2. The molecule has 0 saturated heterocycles. The lowest BCUT2D eigenvalue weighted by Crippen LogP contribution is -2.37. The van der Waals surface area contributed by atoms with Crippen LogP contribution in [0.5, 0.6) is 5.75 Å². The number of ketones is 1. The first-order valence-electron chi connectivity index (χ1n) is 4.71. The van der Waals surface area contributed by atoms with Gasteiger partial charge in [-0.3, -0.25) is 9.59 Å². The Kier molecular flexibility index (Phi) is 3.60.